The number of imidazole rings is 1. The lowest BCUT2D eigenvalue weighted by Gasteiger charge is -2.16. The van der Waals surface area contributed by atoms with Crippen LogP contribution in [0.15, 0.2) is 59.9 Å². The van der Waals surface area contributed by atoms with Gasteiger partial charge in [-0.05, 0) is 38.1 Å². The predicted octanol–water partition coefficient (Wildman–Crippen LogP) is 2.91. The van der Waals surface area contributed by atoms with Gasteiger partial charge in [-0.2, -0.15) is 0 Å². The molecular weight excluding hydrogens is 366 g/mol. The van der Waals surface area contributed by atoms with E-state index in [1.165, 1.54) is 0 Å². The number of aromatic nitrogens is 2. The second kappa shape index (κ2) is 10.4. The Bertz CT molecular complexity index is 905. The number of guanidine groups is 1. The highest BCUT2D eigenvalue weighted by atomic mass is 16.5. The third kappa shape index (κ3) is 5.88. The minimum Gasteiger partial charge on any atom is -0.493 e. The number of hydrogen-bond donors (Lipinski definition) is 2. The molecule has 0 spiro atoms. The number of hydrogen-bond acceptors (Lipinski definition) is 4. The van der Waals surface area contributed by atoms with Crippen molar-refractivity contribution >= 4 is 11.6 Å². The molecule has 0 saturated carbocycles. The van der Waals surface area contributed by atoms with E-state index in [9.17, 15) is 0 Å². The van der Waals surface area contributed by atoms with Crippen molar-refractivity contribution in [2.45, 2.75) is 26.4 Å². The molecule has 2 aromatic heterocycles. The number of pyridine rings is 1. The van der Waals surface area contributed by atoms with Crippen LogP contribution in [0.5, 0.6) is 11.5 Å². The molecule has 0 radical (unpaired) electrons. The number of methoxy groups -OCH3 is 1. The smallest absolute Gasteiger partial charge is 0.191 e. The van der Waals surface area contributed by atoms with Gasteiger partial charge in [-0.3, -0.25) is 0 Å². The summed E-state index contributed by atoms with van der Waals surface area (Å²) in [5.74, 6) is 2.22. The molecule has 0 bridgehead atoms. The first-order chi connectivity index (χ1) is 14.2. The third-order valence-corrected chi connectivity index (χ3v) is 4.34. The first-order valence-electron chi connectivity index (χ1n) is 9.94. The fourth-order valence-corrected chi connectivity index (χ4v) is 2.95. The van der Waals surface area contributed by atoms with Gasteiger partial charge in [0.2, 0.25) is 0 Å². The maximum absolute atomic E-state index is 5.97. The van der Waals surface area contributed by atoms with Crippen LogP contribution in [0.3, 0.4) is 0 Å². The highest BCUT2D eigenvalue weighted by Gasteiger charge is 2.09. The Hall–Kier alpha value is -3.22. The molecule has 154 valence electrons. The number of aliphatic imine (C=N–C) groups is 1. The zero-order valence-electron chi connectivity index (χ0n) is 17.3. The van der Waals surface area contributed by atoms with E-state index in [-0.39, 0.29) is 6.10 Å². The Morgan fingerprint density at radius 3 is 2.69 bits per heavy atom. The van der Waals surface area contributed by atoms with Gasteiger partial charge in [-0.1, -0.05) is 18.2 Å². The van der Waals surface area contributed by atoms with Crippen LogP contribution in [-0.2, 0) is 6.42 Å². The van der Waals surface area contributed by atoms with Crippen molar-refractivity contribution in [1.82, 2.24) is 20.0 Å². The molecule has 0 aliphatic rings. The van der Waals surface area contributed by atoms with Gasteiger partial charge in [-0.15, -0.1) is 0 Å². The number of nitrogens with zero attached hydrogens (tertiary/aromatic N) is 3. The molecule has 29 heavy (non-hydrogen) atoms. The van der Waals surface area contributed by atoms with Crippen LogP contribution in [-0.4, -0.2) is 48.2 Å². The predicted molar refractivity (Wildman–Crippen MR) is 116 cm³/mol. The average molecular weight is 396 g/mol. The number of para-hydroxylation sites is 2. The summed E-state index contributed by atoms with van der Waals surface area (Å²) in [6, 6.07) is 13.6. The first-order valence-corrected chi connectivity index (χ1v) is 9.94. The molecule has 3 aromatic rings. The van der Waals surface area contributed by atoms with E-state index >= 15 is 0 Å². The van der Waals surface area contributed by atoms with Crippen molar-refractivity contribution < 1.29 is 9.47 Å². The Morgan fingerprint density at radius 1 is 1.14 bits per heavy atom. The SMILES string of the molecule is CCNC(=NCC(C)Oc1ccccc1OC)NCCc1cn2ccccc2n1. The van der Waals surface area contributed by atoms with Gasteiger partial charge in [-0.25, -0.2) is 9.98 Å². The van der Waals surface area contributed by atoms with Crippen LogP contribution in [0.25, 0.3) is 5.65 Å². The van der Waals surface area contributed by atoms with Crippen molar-refractivity contribution in [3.63, 3.8) is 0 Å². The molecule has 2 N–H and O–H groups in total. The van der Waals surface area contributed by atoms with E-state index in [1.54, 1.807) is 7.11 Å². The van der Waals surface area contributed by atoms with Crippen LogP contribution in [0.4, 0.5) is 0 Å². The van der Waals surface area contributed by atoms with Crippen LogP contribution in [0.2, 0.25) is 0 Å². The van der Waals surface area contributed by atoms with Crippen LogP contribution < -0.4 is 20.1 Å². The van der Waals surface area contributed by atoms with Gasteiger partial charge in [0.25, 0.3) is 0 Å². The van der Waals surface area contributed by atoms with E-state index in [1.807, 2.05) is 66.9 Å². The monoisotopic (exact) mass is 395 g/mol. The second-order valence-electron chi connectivity index (χ2n) is 6.67. The van der Waals surface area contributed by atoms with Crippen molar-refractivity contribution in [3.05, 3.63) is 60.6 Å². The molecule has 1 aromatic carbocycles. The lowest BCUT2D eigenvalue weighted by molar-refractivity contribution is 0.219. The highest BCUT2D eigenvalue weighted by Crippen LogP contribution is 2.26. The van der Waals surface area contributed by atoms with Crippen LogP contribution in [0, 0.1) is 0 Å². The molecule has 7 heteroatoms. The van der Waals surface area contributed by atoms with Crippen LogP contribution in [0.1, 0.15) is 19.5 Å². The lowest BCUT2D eigenvalue weighted by Crippen LogP contribution is -2.39. The number of fused-ring (bicyclic) bond motifs is 1. The molecule has 1 unspecified atom stereocenters. The normalized spacial score (nSPS) is 12.6. The van der Waals surface area contributed by atoms with Crippen molar-refractivity contribution in [1.29, 1.82) is 0 Å². The van der Waals surface area contributed by atoms with Crippen LogP contribution >= 0.6 is 0 Å². The maximum atomic E-state index is 5.97. The quantitative estimate of drug-likeness (QED) is 0.431. The molecule has 2 heterocycles. The standard InChI is InChI=1S/C22H29N5O2/c1-4-23-22(24-13-12-18-16-27-14-8-7-11-21(27)26-18)25-15-17(2)29-20-10-6-5-9-19(20)28-3/h5-11,14,16-17H,4,12-13,15H2,1-3H3,(H2,23,24,25). The zero-order chi connectivity index (χ0) is 20.5. The molecule has 3 rings (SSSR count). The largest absolute Gasteiger partial charge is 0.493 e. The van der Waals surface area contributed by atoms with Gasteiger partial charge in [0.1, 0.15) is 11.8 Å². The van der Waals surface area contributed by atoms with Gasteiger partial charge >= 0.3 is 0 Å². The summed E-state index contributed by atoms with van der Waals surface area (Å²) in [5.41, 5.74) is 2.01. The summed E-state index contributed by atoms with van der Waals surface area (Å²) in [4.78, 5) is 9.27. The molecule has 0 saturated heterocycles. The Balaban J connectivity index is 1.52. The van der Waals surface area contributed by atoms with Crippen molar-refractivity contribution in [3.8, 4) is 11.5 Å². The Labute approximate surface area is 171 Å². The average Bonchev–Trinajstić information content (AvgIpc) is 3.15. The van der Waals surface area contributed by atoms with Gasteiger partial charge in [0, 0.05) is 31.9 Å². The lowest BCUT2D eigenvalue weighted by atomic mass is 10.3. The number of benzene rings is 1. The summed E-state index contributed by atoms with van der Waals surface area (Å²) in [6.45, 7) is 6.12. The first kappa shape index (κ1) is 20.5. The number of ether oxygens (including phenoxy) is 2. The minimum atomic E-state index is -0.0832. The Morgan fingerprint density at radius 2 is 1.93 bits per heavy atom. The van der Waals surface area contributed by atoms with Crippen molar-refractivity contribution in [2.75, 3.05) is 26.7 Å². The number of nitrogens with one attached hydrogen (secondary N) is 2. The van der Waals surface area contributed by atoms with Gasteiger partial charge in [0.15, 0.2) is 17.5 Å². The van der Waals surface area contributed by atoms with E-state index in [4.69, 9.17) is 9.47 Å². The fourth-order valence-electron chi connectivity index (χ4n) is 2.95. The third-order valence-electron chi connectivity index (χ3n) is 4.34. The Kier molecular flexibility index (Phi) is 7.33. The summed E-state index contributed by atoms with van der Waals surface area (Å²) in [7, 11) is 1.64. The second-order valence-corrected chi connectivity index (χ2v) is 6.67. The molecular formula is C22H29N5O2. The summed E-state index contributed by atoms with van der Waals surface area (Å²) >= 11 is 0. The molecule has 0 amide bonds. The van der Waals surface area contributed by atoms with E-state index in [0.717, 1.165) is 48.3 Å². The molecule has 7 nitrogen and oxygen atoms in total. The van der Waals surface area contributed by atoms with Crippen molar-refractivity contribution in [2.24, 2.45) is 4.99 Å². The summed E-state index contributed by atoms with van der Waals surface area (Å²) in [5, 5.41) is 6.63. The molecule has 0 fully saturated rings. The highest BCUT2D eigenvalue weighted by molar-refractivity contribution is 5.79. The topological polar surface area (TPSA) is 72.2 Å². The number of rotatable bonds is 9. The van der Waals surface area contributed by atoms with E-state index in [0.29, 0.717) is 6.54 Å². The van der Waals surface area contributed by atoms with E-state index in [2.05, 4.69) is 26.8 Å². The fraction of sp³-hybridized carbons (Fsp3) is 0.364. The van der Waals surface area contributed by atoms with Gasteiger partial charge < -0.3 is 24.5 Å². The van der Waals surface area contributed by atoms with Gasteiger partial charge in [0.05, 0.1) is 19.3 Å². The molecule has 1 atom stereocenters. The summed E-state index contributed by atoms with van der Waals surface area (Å²) < 4.78 is 13.3. The zero-order valence-corrected chi connectivity index (χ0v) is 17.3. The van der Waals surface area contributed by atoms with E-state index < -0.39 is 0 Å². The summed E-state index contributed by atoms with van der Waals surface area (Å²) in [6.07, 6.45) is 4.80. The maximum Gasteiger partial charge on any atom is 0.191 e. The molecule has 0 aliphatic carbocycles. The molecule has 0 aliphatic heterocycles. The minimum absolute atomic E-state index is 0.0832.